The fourth-order valence-electron chi connectivity index (χ4n) is 2.33. The first-order valence-corrected chi connectivity index (χ1v) is 6.37. The van der Waals surface area contributed by atoms with Crippen molar-refractivity contribution < 1.29 is 14.8 Å². The average Bonchev–Trinajstić information content (AvgIpc) is 2.84. The molecule has 1 saturated heterocycles. The Morgan fingerprint density at radius 1 is 1.52 bits per heavy atom. The second-order valence-corrected chi connectivity index (χ2v) is 4.93. The highest BCUT2D eigenvalue weighted by atomic mass is 35.5. The lowest BCUT2D eigenvalue weighted by atomic mass is 10.1. The maximum atomic E-state index is 12.2. The molecular formula is C13H18ClN3O4. The Kier molecular flexibility index (Phi) is 6.07. The van der Waals surface area contributed by atoms with E-state index in [1.54, 1.807) is 25.2 Å². The summed E-state index contributed by atoms with van der Waals surface area (Å²) in [7, 11) is 1.60. The van der Waals surface area contributed by atoms with Gasteiger partial charge in [0.2, 0.25) is 5.91 Å². The number of benzene rings is 1. The third kappa shape index (κ3) is 4.13. The van der Waals surface area contributed by atoms with Crippen LogP contribution in [0.5, 0.6) is 0 Å². The number of hydrogen-bond donors (Lipinski definition) is 2. The van der Waals surface area contributed by atoms with Crippen molar-refractivity contribution in [1.29, 1.82) is 0 Å². The molecule has 2 rings (SSSR count). The molecule has 1 aromatic carbocycles. The molecular weight excluding hydrogens is 298 g/mol. The van der Waals surface area contributed by atoms with Crippen molar-refractivity contribution in [1.82, 2.24) is 10.2 Å². The van der Waals surface area contributed by atoms with E-state index in [0.29, 0.717) is 18.5 Å². The number of para-hydroxylation sites is 1. The molecule has 0 bridgehead atoms. The Bertz CT molecular complexity index is 526. The van der Waals surface area contributed by atoms with Crippen LogP contribution in [-0.2, 0) is 11.3 Å². The molecule has 2 unspecified atom stereocenters. The van der Waals surface area contributed by atoms with Crippen molar-refractivity contribution in [2.24, 2.45) is 0 Å². The molecule has 8 heteroatoms. The van der Waals surface area contributed by atoms with Crippen molar-refractivity contribution >= 4 is 24.0 Å². The number of carbonyl (C=O) groups excluding carboxylic acids is 1. The summed E-state index contributed by atoms with van der Waals surface area (Å²) in [6.45, 7) is 0.569. The molecule has 7 nitrogen and oxygen atoms in total. The van der Waals surface area contributed by atoms with Gasteiger partial charge in [-0.25, -0.2) is 0 Å². The van der Waals surface area contributed by atoms with Crippen LogP contribution >= 0.6 is 12.4 Å². The van der Waals surface area contributed by atoms with Gasteiger partial charge < -0.3 is 15.3 Å². The first-order valence-electron chi connectivity index (χ1n) is 6.37. The van der Waals surface area contributed by atoms with Gasteiger partial charge in [0.15, 0.2) is 0 Å². The van der Waals surface area contributed by atoms with E-state index in [0.717, 1.165) is 0 Å². The van der Waals surface area contributed by atoms with Crippen molar-refractivity contribution in [2.75, 3.05) is 13.6 Å². The lowest BCUT2D eigenvalue weighted by Gasteiger charge is -2.21. The van der Waals surface area contributed by atoms with Gasteiger partial charge in [0.25, 0.3) is 5.69 Å². The quantitative estimate of drug-likeness (QED) is 0.630. The van der Waals surface area contributed by atoms with Crippen molar-refractivity contribution in [3.05, 3.63) is 39.9 Å². The number of nitro benzene ring substituents is 1. The number of hydrogen-bond acceptors (Lipinski definition) is 5. The molecule has 1 heterocycles. The number of amides is 1. The van der Waals surface area contributed by atoms with Crippen LogP contribution in [0.4, 0.5) is 5.69 Å². The van der Waals surface area contributed by atoms with Gasteiger partial charge in [-0.2, -0.15) is 0 Å². The van der Waals surface area contributed by atoms with Gasteiger partial charge in [-0.3, -0.25) is 14.9 Å². The first kappa shape index (κ1) is 17.4. The molecule has 116 valence electrons. The fraction of sp³-hybridized carbons (Fsp3) is 0.462. The average molecular weight is 316 g/mol. The molecule has 1 amide bonds. The molecule has 0 aliphatic carbocycles. The number of nitrogens with zero attached hydrogens (tertiary/aromatic N) is 2. The van der Waals surface area contributed by atoms with E-state index in [1.807, 2.05) is 0 Å². The van der Waals surface area contributed by atoms with Gasteiger partial charge in [0, 0.05) is 25.2 Å². The lowest BCUT2D eigenvalue weighted by molar-refractivity contribution is -0.385. The number of β-amino-alcohol motifs (C(OH)–C–C–N with tert-alkyl or cyclic N) is 1. The standard InChI is InChI=1S/C13H17N3O4.ClH/c1-15(13(18)11-6-10(17)7-14-11)8-9-4-2-3-5-12(9)16(19)20;/h2-5,10-11,14,17H,6-8H2,1H3;1H. The maximum absolute atomic E-state index is 12.2. The minimum Gasteiger partial charge on any atom is -0.392 e. The summed E-state index contributed by atoms with van der Waals surface area (Å²) in [6.07, 6.45) is -0.136. The molecule has 0 radical (unpaired) electrons. The number of halogens is 1. The number of carbonyl (C=O) groups is 1. The number of rotatable bonds is 4. The summed E-state index contributed by atoms with van der Waals surface area (Å²) in [5.41, 5.74) is 0.499. The van der Waals surface area contributed by atoms with E-state index in [4.69, 9.17) is 0 Å². The lowest BCUT2D eigenvalue weighted by Crippen LogP contribution is -2.41. The summed E-state index contributed by atoms with van der Waals surface area (Å²) in [4.78, 5) is 24.1. The molecule has 2 N–H and O–H groups in total. The largest absolute Gasteiger partial charge is 0.392 e. The fourth-order valence-corrected chi connectivity index (χ4v) is 2.33. The normalized spacial score (nSPS) is 20.7. The summed E-state index contributed by atoms with van der Waals surface area (Å²) >= 11 is 0. The van der Waals surface area contributed by atoms with E-state index in [1.165, 1.54) is 11.0 Å². The highest BCUT2D eigenvalue weighted by Gasteiger charge is 2.30. The van der Waals surface area contributed by atoms with E-state index in [-0.39, 0.29) is 30.5 Å². The van der Waals surface area contributed by atoms with Crippen LogP contribution in [0.1, 0.15) is 12.0 Å². The Balaban J connectivity index is 0.00000220. The third-order valence-electron chi connectivity index (χ3n) is 3.38. The Morgan fingerprint density at radius 3 is 2.76 bits per heavy atom. The van der Waals surface area contributed by atoms with E-state index in [2.05, 4.69) is 5.32 Å². The van der Waals surface area contributed by atoms with E-state index >= 15 is 0 Å². The van der Waals surface area contributed by atoms with Crippen LogP contribution < -0.4 is 5.32 Å². The minimum atomic E-state index is -0.511. The van der Waals surface area contributed by atoms with E-state index in [9.17, 15) is 20.0 Å². The number of nitro groups is 1. The molecule has 2 atom stereocenters. The minimum absolute atomic E-state index is 0. The van der Waals surface area contributed by atoms with Crippen molar-refractivity contribution in [3.8, 4) is 0 Å². The van der Waals surface area contributed by atoms with Gasteiger partial charge in [-0.1, -0.05) is 18.2 Å². The first-order chi connectivity index (χ1) is 9.49. The zero-order chi connectivity index (χ0) is 14.7. The Morgan fingerprint density at radius 2 is 2.19 bits per heavy atom. The highest BCUT2D eigenvalue weighted by Crippen LogP contribution is 2.20. The van der Waals surface area contributed by atoms with Crippen LogP contribution in [0.15, 0.2) is 24.3 Å². The molecule has 1 aliphatic heterocycles. The Labute approximate surface area is 128 Å². The molecule has 0 aromatic heterocycles. The van der Waals surface area contributed by atoms with Crippen LogP contribution in [0, 0.1) is 10.1 Å². The Hall–Kier alpha value is -1.70. The summed E-state index contributed by atoms with van der Waals surface area (Å²) in [5, 5.41) is 23.3. The third-order valence-corrected chi connectivity index (χ3v) is 3.38. The molecule has 1 aliphatic rings. The van der Waals surface area contributed by atoms with Gasteiger partial charge in [-0.15, -0.1) is 12.4 Å². The van der Waals surface area contributed by atoms with Gasteiger partial charge in [0.05, 0.1) is 23.6 Å². The maximum Gasteiger partial charge on any atom is 0.274 e. The van der Waals surface area contributed by atoms with E-state index < -0.39 is 17.1 Å². The SMILES string of the molecule is CN(Cc1ccccc1[N+](=O)[O-])C(=O)C1CC(O)CN1.Cl. The monoisotopic (exact) mass is 315 g/mol. The summed E-state index contributed by atoms with van der Waals surface area (Å²) in [5.74, 6) is -0.167. The predicted octanol–water partition coefficient (Wildman–Crippen LogP) is 0.698. The second-order valence-electron chi connectivity index (χ2n) is 4.93. The molecule has 1 aromatic rings. The zero-order valence-corrected chi connectivity index (χ0v) is 12.4. The van der Waals surface area contributed by atoms with Crippen LogP contribution in [0.2, 0.25) is 0 Å². The smallest absolute Gasteiger partial charge is 0.274 e. The molecule has 0 spiro atoms. The second kappa shape index (κ2) is 7.35. The van der Waals surface area contributed by atoms with Gasteiger partial charge >= 0.3 is 0 Å². The van der Waals surface area contributed by atoms with Crippen LogP contribution in [0.25, 0.3) is 0 Å². The highest BCUT2D eigenvalue weighted by molar-refractivity contribution is 5.85. The predicted molar refractivity (Wildman–Crippen MR) is 79.2 cm³/mol. The van der Waals surface area contributed by atoms with Gasteiger partial charge in [0.1, 0.15) is 0 Å². The summed E-state index contributed by atoms with van der Waals surface area (Å²) in [6, 6.07) is 5.94. The number of nitrogens with one attached hydrogen (secondary N) is 1. The van der Waals surface area contributed by atoms with Crippen molar-refractivity contribution in [3.63, 3.8) is 0 Å². The number of aliphatic hydroxyl groups excluding tert-OH is 1. The number of aliphatic hydroxyl groups is 1. The van der Waals surface area contributed by atoms with Gasteiger partial charge in [-0.05, 0) is 6.42 Å². The van der Waals surface area contributed by atoms with Crippen LogP contribution in [-0.4, -0.2) is 46.6 Å². The molecule has 1 fully saturated rings. The molecule has 21 heavy (non-hydrogen) atoms. The van der Waals surface area contributed by atoms with Crippen LogP contribution in [0.3, 0.4) is 0 Å². The van der Waals surface area contributed by atoms with Crippen molar-refractivity contribution in [2.45, 2.75) is 25.1 Å². The topological polar surface area (TPSA) is 95.7 Å². The summed E-state index contributed by atoms with van der Waals surface area (Å²) < 4.78 is 0. The molecule has 0 saturated carbocycles. The number of likely N-dealkylation sites (N-methyl/N-ethyl adjacent to an activating group) is 1. The zero-order valence-electron chi connectivity index (χ0n) is 11.6.